The van der Waals surface area contributed by atoms with Gasteiger partial charge in [0.05, 0.1) is 0 Å². The van der Waals surface area contributed by atoms with Crippen molar-refractivity contribution in [3.05, 3.63) is 0 Å². The number of rotatable bonds is 4. The third kappa shape index (κ3) is 1.33. The summed E-state index contributed by atoms with van der Waals surface area (Å²) >= 11 is 0. The topological polar surface area (TPSA) is 99.4 Å². The highest BCUT2D eigenvalue weighted by Gasteiger charge is 2.69. The highest BCUT2D eigenvalue weighted by atomic mass is 16.7. The lowest BCUT2D eigenvalue weighted by molar-refractivity contribution is -0.357. The molecule has 2 aliphatic carbocycles. The van der Waals surface area contributed by atoms with E-state index < -0.39 is 31.1 Å². The van der Waals surface area contributed by atoms with Gasteiger partial charge in [0.2, 0.25) is 5.79 Å². The van der Waals surface area contributed by atoms with E-state index in [4.69, 9.17) is 19.7 Å². The van der Waals surface area contributed by atoms with E-state index in [1.165, 1.54) is 0 Å². The smallest absolute Gasteiger partial charge is 0.224 e. The van der Waals surface area contributed by atoms with Crippen molar-refractivity contribution < 1.29 is 29.9 Å². The molecule has 0 spiro atoms. The third-order valence-corrected chi connectivity index (χ3v) is 3.64. The fourth-order valence-electron chi connectivity index (χ4n) is 2.90. The van der Waals surface area contributed by atoms with Gasteiger partial charge in [-0.3, -0.25) is 0 Å². The van der Waals surface area contributed by atoms with Gasteiger partial charge >= 0.3 is 0 Å². The normalized spacial score (nSPS) is 48.8. The van der Waals surface area contributed by atoms with E-state index in [1.54, 1.807) is 0 Å². The minimum absolute atomic E-state index is 0.104. The standard InChI is InChI=1S/C9H16O6/c10-4-14-8-2-1-6(3-8)7(12)9(8,13)15-5-11/h6-7,10-13H,1-5H2. The molecule has 4 N–H and O–H groups in total. The van der Waals surface area contributed by atoms with Crippen molar-refractivity contribution in [2.45, 2.75) is 36.8 Å². The van der Waals surface area contributed by atoms with Crippen LogP contribution in [0.3, 0.4) is 0 Å². The lowest BCUT2D eigenvalue weighted by Crippen LogP contribution is -2.60. The van der Waals surface area contributed by atoms with Gasteiger partial charge in [-0.25, -0.2) is 0 Å². The summed E-state index contributed by atoms with van der Waals surface area (Å²) in [6, 6.07) is 0. The Morgan fingerprint density at radius 3 is 2.47 bits per heavy atom. The van der Waals surface area contributed by atoms with Gasteiger partial charge in [-0.1, -0.05) is 0 Å². The molecule has 6 heteroatoms. The second kappa shape index (κ2) is 3.65. The molecule has 4 atom stereocenters. The summed E-state index contributed by atoms with van der Waals surface area (Å²) < 4.78 is 9.95. The molecule has 0 aromatic carbocycles. The van der Waals surface area contributed by atoms with Crippen LogP contribution in [0.5, 0.6) is 0 Å². The quantitative estimate of drug-likeness (QED) is 0.431. The van der Waals surface area contributed by atoms with Crippen LogP contribution in [0.15, 0.2) is 0 Å². The highest BCUT2D eigenvalue weighted by Crippen LogP contribution is 2.56. The molecule has 0 heterocycles. The molecular weight excluding hydrogens is 204 g/mol. The van der Waals surface area contributed by atoms with E-state index in [2.05, 4.69) is 0 Å². The summed E-state index contributed by atoms with van der Waals surface area (Å²) in [5, 5.41) is 37.5. The fourth-order valence-corrected chi connectivity index (χ4v) is 2.90. The Morgan fingerprint density at radius 1 is 1.20 bits per heavy atom. The van der Waals surface area contributed by atoms with Gasteiger partial charge in [0, 0.05) is 0 Å². The second-order valence-electron chi connectivity index (χ2n) is 4.19. The molecule has 2 rings (SSSR count). The summed E-state index contributed by atoms with van der Waals surface area (Å²) in [7, 11) is 0. The number of ether oxygens (including phenoxy) is 2. The third-order valence-electron chi connectivity index (χ3n) is 3.64. The summed E-state index contributed by atoms with van der Waals surface area (Å²) in [5.41, 5.74) is -1.09. The maximum absolute atomic E-state index is 10.2. The molecule has 0 radical (unpaired) electrons. The first kappa shape index (κ1) is 11.3. The van der Waals surface area contributed by atoms with Gasteiger partial charge in [-0.05, 0) is 25.2 Å². The molecule has 0 aliphatic heterocycles. The maximum atomic E-state index is 10.2. The largest absolute Gasteiger partial charge is 0.387 e. The van der Waals surface area contributed by atoms with Gasteiger partial charge in [0.15, 0.2) is 0 Å². The predicted octanol–water partition coefficient (Wildman–Crippen LogP) is -1.48. The zero-order valence-corrected chi connectivity index (χ0v) is 8.30. The highest BCUT2D eigenvalue weighted by molar-refractivity contribution is 5.14. The molecule has 2 saturated carbocycles. The Balaban J connectivity index is 2.26. The van der Waals surface area contributed by atoms with Crippen LogP contribution in [0.25, 0.3) is 0 Å². The average molecular weight is 220 g/mol. The maximum Gasteiger partial charge on any atom is 0.224 e. The van der Waals surface area contributed by atoms with Crippen molar-refractivity contribution in [2.24, 2.45) is 5.92 Å². The van der Waals surface area contributed by atoms with Crippen LogP contribution in [0, 0.1) is 5.92 Å². The molecule has 0 aromatic rings. The van der Waals surface area contributed by atoms with E-state index in [9.17, 15) is 10.2 Å². The van der Waals surface area contributed by atoms with Crippen molar-refractivity contribution >= 4 is 0 Å². The fraction of sp³-hybridized carbons (Fsp3) is 1.00. The lowest BCUT2D eigenvalue weighted by atomic mass is 9.88. The van der Waals surface area contributed by atoms with E-state index in [-0.39, 0.29) is 5.92 Å². The first-order valence-corrected chi connectivity index (χ1v) is 5.00. The number of fused-ring (bicyclic) bond motifs is 2. The molecule has 2 fully saturated rings. The molecular formula is C9H16O6. The molecule has 6 nitrogen and oxygen atoms in total. The molecule has 15 heavy (non-hydrogen) atoms. The predicted molar refractivity (Wildman–Crippen MR) is 47.4 cm³/mol. The van der Waals surface area contributed by atoms with E-state index in [1.807, 2.05) is 0 Å². The Morgan fingerprint density at radius 2 is 1.87 bits per heavy atom. The SMILES string of the molecule is OCOC12CCC(C1)C(O)C2(O)OCO. The van der Waals surface area contributed by atoms with Crippen molar-refractivity contribution in [2.75, 3.05) is 13.6 Å². The van der Waals surface area contributed by atoms with E-state index in [0.717, 1.165) is 6.42 Å². The number of aliphatic hydroxyl groups excluding tert-OH is 3. The van der Waals surface area contributed by atoms with E-state index in [0.29, 0.717) is 12.8 Å². The summed E-state index contributed by atoms with van der Waals surface area (Å²) in [6.45, 7) is -1.24. The summed E-state index contributed by atoms with van der Waals surface area (Å²) in [6.07, 6.45) is 0.583. The van der Waals surface area contributed by atoms with Gasteiger partial charge in [0.25, 0.3) is 0 Å². The Labute approximate surface area is 87.1 Å². The van der Waals surface area contributed by atoms with Crippen LogP contribution in [0.4, 0.5) is 0 Å². The minimum atomic E-state index is -1.91. The van der Waals surface area contributed by atoms with Crippen LogP contribution < -0.4 is 0 Å². The molecule has 88 valence electrons. The van der Waals surface area contributed by atoms with Crippen LogP contribution >= 0.6 is 0 Å². The molecule has 4 unspecified atom stereocenters. The lowest BCUT2D eigenvalue weighted by Gasteiger charge is -2.43. The molecule has 2 aliphatic rings. The van der Waals surface area contributed by atoms with Crippen molar-refractivity contribution in [3.63, 3.8) is 0 Å². The Hall–Kier alpha value is -0.240. The molecule has 0 saturated heterocycles. The van der Waals surface area contributed by atoms with E-state index >= 15 is 0 Å². The van der Waals surface area contributed by atoms with Gasteiger partial charge < -0.3 is 29.9 Å². The first-order valence-electron chi connectivity index (χ1n) is 5.00. The van der Waals surface area contributed by atoms with Crippen LogP contribution in [0.1, 0.15) is 19.3 Å². The molecule has 0 amide bonds. The monoisotopic (exact) mass is 220 g/mol. The van der Waals surface area contributed by atoms with Crippen LogP contribution in [0.2, 0.25) is 0 Å². The summed E-state index contributed by atoms with van der Waals surface area (Å²) in [5.74, 6) is -2.01. The molecule has 2 bridgehead atoms. The second-order valence-corrected chi connectivity index (χ2v) is 4.19. The number of hydrogen-bond donors (Lipinski definition) is 4. The van der Waals surface area contributed by atoms with Crippen molar-refractivity contribution in [3.8, 4) is 0 Å². The zero-order chi connectivity index (χ0) is 11.1. The van der Waals surface area contributed by atoms with Crippen molar-refractivity contribution in [1.29, 1.82) is 0 Å². The minimum Gasteiger partial charge on any atom is -0.387 e. The Bertz CT molecular complexity index is 241. The zero-order valence-electron chi connectivity index (χ0n) is 8.30. The van der Waals surface area contributed by atoms with Gasteiger partial charge in [-0.2, -0.15) is 0 Å². The van der Waals surface area contributed by atoms with Crippen molar-refractivity contribution in [1.82, 2.24) is 0 Å². The van der Waals surface area contributed by atoms with Gasteiger partial charge in [0.1, 0.15) is 25.3 Å². The summed E-state index contributed by atoms with van der Waals surface area (Å²) in [4.78, 5) is 0. The molecule has 0 aromatic heterocycles. The average Bonchev–Trinajstić information content (AvgIpc) is 2.69. The van der Waals surface area contributed by atoms with Gasteiger partial charge in [-0.15, -0.1) is 0 Å². The van der Waals surface area contributed by atoms with Crippen LogP contribution in [-0.4, -0.2) is 51.5 Å². The van der Waals surface area contributed by atoms with Crippen LogP contribution in [-0.2, 0) is 9.47 Å². The number of hydrogen-bond acceptors (Lipinski definition) is 6. The first-order chi connectivity index (χ1) is 7.09. The Kier molecular flexibility index (Phi) is 2.74. The number of aliphatic hydroxyl groups is 4.